The Balaban J connectivity index is 3.90. The second-order valence-electron chi connectivity index (χ2n) is 6.61. The van der Waals surface area contributed by atoms with E-state index < -0.39 is 6.16 Å². The third-order valence-electron chi connectivity index (χ3n) is 3.45. The molecule has 0 heterocycles. The van der Waals surface area contributed by atoms with Crippen molar-refractivity contribution in [2.24, 2.45) is 0 Å². The number of allylic oxidation sites excluding steroid dienone is 6. The van der Waals surface area contributed by atoms with Crippen molar-refractivity contribution in [1.29, 1.82) is 0 Å². The van der Waals surface area contributed by atoms with Gasteiger partial charge in [-0.15, -0.1) is 0 Å². The number of hydrogen-bond donors (Lipinski definition) is 0. The van der Waals surface area contributed by atoms with Crippen molar-refractivity contribution >= 4 is 6.16 Å². The molecule has 0 amide bonds. The van der Waals surface area contributed by atoms with Crippen LogP contribution >= 0.6 is 0 Å². The molecule has 0 aliphatic carbocycles. The lowest BCUT2D eigenvalue weighted by Gasteiger charge is -2.04. The van der Waals surface area contributed by atoms with Crippen LogP contribution < -0.4 is 0 Å². The first kappa shape index (κ1) is 22.2. The highest BCUT2D eigenvalue weighted by Gasteiger charge is 2.01. The van der Waals surface area contributed by atoms with Crippen LogP contribution in [0.1, 0.15) is 67.2 Å². The first-order chi connectivity index (χ1) is 11.3. The van der Waals surface area contributed by atoms with Gasteiger partial charge in [0.2, 0.25) is 0 Å². The van der Waals surface area contributed by atoms with Crippen LogP contribution in [0.5, 0.6) is 0 Å². The largest absolute Gasteiger partial charge is 0.508 e. The van der Waals surface area contributed by atoms with Crippen LogP contribution in [0.15, 0.2) is 46.6 Å². The van der Waals surface area contributed by atoms with Crippen molar-refractivity contribution < 1.29 is 14.3 Å². The molecule has 0 saturated heterocycles. The van der Waals surface area contributed by atoms with E-state index in [4.69, 9.17) is 9.47 Å². The van der Waals surface area contributed by atoms with Crippen molar-refractivity contribution in [3.63, 3.8) is 0 Å². The van der Waals surface area contributed by atoms with Crippen LogP contribution in [0.3, 0.4) is 0 Å². The summed E-state index contributed by atoms with van der Waals surface area (Å²) in [5.74, 6) is 0. The minimum atomic E-state index is -0.614. The van der Waals surface area contributed by atoms with E-state index in [1.165, 1.54) is 22.3 Å². The highest BCUT2D eigenvalue weighted by molar-refractivity contribution is 5.60. The molecule has 0 aliphatic heterocycles. The summed E-state index contributed by atoms with van der Waals surface area (Å²) in [4.78, 5) is 11.5. The lowest BCUT2D eigenvalue weighted by atomic mass is 10.1. The first-order valence-corrected chi connectivity index (χ1v) is 8.68. The Morgan fingerprint density at radius 1 is 0.667 bits per heavy atom. The molecule has 0 radical (unpaired) electrons. The van der Waals surface area contributed by atoms with E-state index in [1.54, 1.807) is 0 Å². The van der Waals surface area contributed by atoms with Crippen LogP contribution in [0.4, 0.5) is 4.79 Å². The molecule has 0 aromatic rings. The van der Waals surface area contributed by atoms with Crippen molar-refractivity contribution in [2.75, 3.05) is 13.2 Å². The van der Waals surface area contributed by atoms with Crippen LogP contribution in [-0.4, -0.2) is 19.4 Å². The summed E-state index contributed by atoms with van der Waals surface area (Å²) in [6, 6.07) is 0. The zero-order valence-electron chi connectivity index (χ0n) is 16.3. The summed E-state index contributed by atoms with van der Waals surface area (Å²) in [6.45, 7) is 13.0. The Kier molecular flexibility index (Phi) is 12.6. The molecule has 0 aromatic heterocycles. The van der Waals surface area contributed by atoms with Gasteiger partial charge in [0, 0.05) is 0 Å². The summed E-state index contributed by atoms with van der Waals surface area (Å²) < 4.78 is 10.1. The average Bonchev–Trinajstić information content (AvgIpc) is 2.46. The van der Waals surface area contributed by atoms with Crippen LogP contribution in [0, 0.1) is 0 Å². The Bertz CT molecular complexity index is 441. The molecule has 0 aromatic carbocycles. The third kappa shape index (κ3) is 15.1. The van der Waals surface area contributed by atoms with Gasteiger partial charge in [-0.1, -0.05) is 34.4 Å². The molecular weight excluding hydrogens is 300 g/mol. The van der Waals surface area contributed by atoms with Crippen molar-refractivity contribution in [3.8, 4) is 0 Å². The number of ether oxygens (including phenoxy) is 2. The predicted molar refractivity (Wildman–Crippen MR) is 102 cm³/mol. The van der Waals surface area contributed by atoms with Gasteiger partial charge in [-0.3, -0.25) is 0 Å². The highest BCUT2D eigenvalue weighted by atomic mass is 16.7. The molecule has 0 saturated carbocycles. The fourth-order valence-corrected chi connectivity index (χ4v) is 1.93. The summed E-state index contributed by atoms with van der Waals surface area (Å²) >= 11 is 0. The molecule has 0 unspecified atom stereocenters. The fourth-order valence-electron chi connectivity index (χ4n) is 1.93. The van der Waals surface area contributed by atoms with E-state index in [-0.39, 0.29) is 13.2 Å². The fraction of sp³-hybridized carbons (Fsp3) is 0.571. The number of hydrogen-bond acceptors (Lipinski definition) is 3. The average molecular weight is 335 g/mol. The SMILES string of the molecule is CC(C)=CCCC(C)=CCOC(=O)OCC=C(C)CCC=C(C)C. The third-order valence-corrected chi connectivity index (χ3v) is 3.45. The molecule has 0 rings (SSSR count). The minimum Gasteiger partial charge on any atom is -0.430 e. The van der Waals surface area contributed by atoms with Gasteiger partial charge >= 0.3 is 6.16 Å². The van der Waals surface area contributed by atoms with Gasteiger partial charge < -0.3 is 9.47 Å². The first-order valence-electron chi connectivity index (χ1n) is 8.68. The van der Waals surface area contributed by atoms with E-state index in [2.05, 4.69) is 39.8 Å². The molecule has 136 valence electrons. The van der Waals surface area contributed by atoms with Gasteiger partial charge in [0.05, 0.1) is 0 Å². The van der Waals surface area contributed by atoms with E-state index in [9.17, 15) is 4.79 Å². The van der Waals surface area contributed by atoms with Crippen molar-refractivity contribution in [2.45, 2.75) is 67.2 Å². The molecular formula is C21H34O3. The van der Waals surface area contributed by atoms with E-state index in [1.807, 2.05) is 26.0 Å². The molecule has 0 spiro atoms. The molecule has 0 N–H and O–H groups in total. The zero-order chi connectivity index (χ0) is 18.4. The van der Waals surface area contributed by atoms with E-state index in [0.717, 1.165) is 25.7 Å². The Labute approximate surface area is 148 Å². The smallest absolute Gasteiger partial charge is 0.430 e. The second-order valence-corrected chi connectivity index (χ2v) is 6.61. The molecule has 0 fully saturated rings. The zero-order valence-corrected chi connectivity index (χ0v) is 16.3. The monoisotopic (exact) mass is 334 g/mol. The van der Waals surface area contributed by atoms with E-state index >= 15 is 0 Å². The summed E-state index contributed by atoms with van der Waals surface area (Å²) in [5, 5.41) is 0. The second kappa shape index (κ2) is 13.6. The maximum Gasteiger partial charge on any atom is 0.508 e. The van der Waals surface area contributed by atoms with Gasteiger partial charge in [-0.2, -0.15) is 0 Å². The van der Waals surface area contributed by atoms with Crippen LogP contribution in [-0.2, 0) is 9.47 Å². The lowest BCUT2D eigenvalue weighted by Crippen LogP contribution is -2.07. The number of carbonyl (C=O) groups excluding carboxylic acids is 1. The van der Waals surface area contributed by atoms with Crippen LogP contribution in [0.2, 0.25) is 0 Å². The molecule has 24 heavy (non-hydrogen) atoms. The van der Waals surface area contributed by atoms with Crippen molar-refractivity contribution in [3.05, 3.63) is 46.6 Å². The minimum absolute atomic E-state index is 0.267. The van der Waals surface area contributed by atoms with E-state index in [0.29, 0.717) is 0 Å². The Morgan fingerprint density at radius 3 is 1.38 bits per heavy atom. The molecule has 0 atom stereocenters. The maximum atomic E-state index is 11.5. The maximum absolute atomic E-state index is 11.5. The number of rotatable bonds is 10. The summed E-state index contributed by atoms with van der Waals surface area (Å²) in [5.41, 5.74) is 5.09. The molecule has 3 heteroatoms. The quantitative estimate of drug-likeness (QED) is 0.337. The number of carbonyl (C=O) groups is 1. The van der Waals surface area contributed by atoms with Gasteiger partial charge in [0.15, 0.2) is 0 Å². The molecule has 0 aliphatic rings. The lowest BCUT2D eigenvalue weighted by molar-refractivity contribution is 0.0715. The molecule has 3 nitrogen and oxygen atoms in total. The summed E-state index contributed by atoms with van der Waals surface area (Å²) in [6.07, 6.45) is 11.7. The summed E-state index contributed by atoms with van der Waals surface area (Å²) in [7, 11) is 0. The van der Waals surface area contributed by atoms with Crippen molar-refractivity contribution in [1.82, 2.24) is 0 Å². The van der Waals surface area contributed by atoms with Gasteiger partial charge in [-0.05, 0) is 79.4 Å². The van der Waals surface area contributed by atoms with Gasteiger partial charge in [0.1, 0.15) is 13.2 Å². The predicted octanol–water partition coefficient (Wildman–Crippen LogP) is 6.53. The standard InChI is InChI=1S/C21H34O3/c1-17(2)9-7-11-19(5)13-15-23-21(22)24-16-14-20(6)12-8-10-18(3)4/h9-10,13-14H,7-8,11-12,15-16H2,1-6H3. The normalized spacial score (nSPS) is 11.8. The van der Waals surface area contributed by atoms with Gasteiger partial charge in [0.25, 0.3) is 0 Å². The van der Waals surface area contributed by atoms with Gasteiger partial charge in [-0.25, -0.2) is 4.79 Å². The Morgan fingerprint density at radius 2 is 1.04 bits per heavy atom. The molecule has 0 bridgehead atoms. The topological polar surface area (TPSA) is 35.5 Å². The Hall–Kier alpha value is -1.77. The van der Waals surface area contributed by atoms with Crippen LogP contribution in [0.25, 0.3) is 0 Å². The highest BCUT2D eigenvalue weighted by Crippen LogP contribution is 2.07.